The average Bonchev–Trinajstić information content (AvgIpc) is 2.83. The molecule has 1 heterocycles. The molecular weight excluding hydrogens is 289 g/mol. The minimum absolute atomic E-state index is 0.214. The average molecular weight is 302 g/mol. The maximum Gasteiger partial charge on any atom is 0.254 e. The van der Waals surface area contributed by atoms with Gasteiger partial charge in [-0.25, -0.2) is 0 Å². The quantitative estimate of drug-likeness (QED) is 0.814. The lowest BCUT2D eigenvalue weighted by atomic mass is 10.1. The summed E-state index contributed by atoms with van der Waals surface area (Å²) in [6, 6.07) is 2.32. The van der Waals surface area contributed by atoms with Crippen molar-refractivity contribution in [3.8, 4) is 0 Å². The summed E-state index contributed by atoms with van der Waals surface area (Å²) < 4.78 is 0. The van der Waals surface area contributed by atoms with Crippen LogP contribution in [0.3, 0.4) is 0 Å². The zero-order chi connectivity index (χ0) is 14.2. The third-order valence-corrected chi connectivity index (χ3v) is 3.79. The van der Waals surface area contributed by atoms with Gasteiger partial charge in [-0.1, -0.05) is 23.2 Å². The van der Waals surface area contributed by atoms with Crippen LogP contribution in [0, 0.1) is 0 Å². The van der Waals surface area contributed by atoms with Gasteiger partial charge in [-0.15, -0.1) is 0 Å². The topological polar surface area (TPSA) is 89.4 Å². The number of benzene rings is 1. The molecule has 1 aromatic rings. The molecular formula is C12H13Cl2N3O2. The number of carbonyl (C=O) groups excluding carboxylic acids is 2. The van der Waals surface area contributed by atoms with Crippen molar-refractivity contribution < 1.29 is 9.59 Å². The zero-order valence-corrected chi connectivity index (χ0v) is 11.5. The first-order valence-corrected chi connectivity index (χ1v) is 6.52. The molecule has 2 amide bonds. The lowest BCUT2D eigenvalue weighted by Gasteiger charge is -2.22. The molecule has 1 aliphatic rings. The summed E-state index contributed by atoms with van der Waals surface area (Å²) in [5, 5.41) is 0.427. The van der Waals surface area contributed by atoms with Crippen LogP contribution in [0.15, 0.2) is 12.1 Å². The van der Waals surface area contributed by atoms with Gasteiger partial charge >= 0.3 is 0 Å². The van der Waals surface area contributed by atoms with E-state index in [0.29, 0.717) is 18.5 Å². The first-order valence-electron chi connectivity index (χ1n) is 5.76. The van der Waals surface area contributed by atoms with E-state index >= 15 is 0 Å². The Morgan fingerprint density at radius 1 is 1.26 bits per heavy atom. The Labute approximate surface area is 120 Å². The number of carbonyl (C=O) groups is 2. The Hall–Kier alpha value is -1.46. The summed E-state index contributed by atoms with van der Waals surface area (Å²) in [5.41, 5.74) is 11.4. The first kappa shape index (κ1) is 14.0. The molecule has 7 heteroatoms. The summed E-state index contributed by atoms with van der Waals surface area (Å²) in [6.45, 7) is 0.492. The van der Waals surface area contributed by atoms with E-state index in [1.165, 1.54) is 17.0 Å². The highest BCUT2D eigenvalue weighted by atomic mass is 35.5. The van der Waals surface area contributed by atoms with Crippen LogP contribution in [0.2, 0.25) is 10.0 Å². The van der Waals surface area contributed by atoms with Crippen LogP contribution in [0.25, 0.3) is 0 Å². The smallest absolute Gasteiger partial charge is 0.254 e. The van der Waals surface area contributed by atoms with E-state index in [1.807, 2.05) is 0 Å². The van der Waals surface area contributed by atoms with Gasteiger partial charge in [-0.05, 0) is 25.0 Å². The van der Waals surface area contributed by atoms with Gasteiger partial charge in [0.05, 0.1) is 15.7 Å². The number of hydrogen-bond acceptors (Lipinski definition) is 3. The molecule has 1 atom stereocenters. The Morgan fingerprint density at radius 2 is 1.84 bits per heavy atom. The number of likely N-dealkylation sites (tertiary alicyclic amines) is 1. The van der Waals surface area contributed by atoms with Gasteiger partial charge in [0.1, 0.15) is 6.04 Å². The van der Waals surface area contributed by atoms with E-state index in [-0.39, 0.29) is 21.6 Å². The molecule has 2 rings (SSSR count). The Morgan fingerprint density at radius 3 is 2.37 bits per heavy atom. The van der Waals surface area contributed by atoms with Gasteiger partial charge in [-0.3, -0.25) is 9.59 Å². The fourth-order valence-electron chi connectivity index (χ4n) is 2.18. The number of nitrogens with two attached hydrogens (primary N) is 2. The number of nitrogen functional groups attached to an aromatic ring is 1. The van der Waals surface area contributed by atoms with Crippen molar-refractivity contribution in [2.75, 3.05) is 12.3 Å². The molecule has 1 aromatic carbocycles. The van der Waals surface area contributed by atoms with E-state index in [0.717, 1.165) is 6.42 Å². The summed E-state index contributed by atoms with van der Waals surface area (Å²) in [5.74, 6) is -0.816. The van der Waals surface area contributed by atoms with Crippen LogP contribution in [0.1, 0.15) is 23.2 Å². The van der Waals surface area contributed by atoms with Crippen molar-refractivity contribution >= 4 is 40.7 Å². The van der Waals surface area contributed by atoms with Crippen LogP contribution in [-0.4, -0.2) is 29.3 Å². The summed E-state index contributed by atoms with van der Waals surface area (Å²) in [7, 11) is 0. The molecule has 0 radical (unpaired) electrons. The van der Waals surface area contributed by atoms with Crippen molar-refractivity contribution in [2.45, 2.75) is 18.9 Å². The molecule has 1 aliphatic heterocycles. The van der Waals surface area contributed by atoms with Crippen LogP contribution >= 0.6 is 23.2 Å². The molecule has 102 valence electrons. The maximum absolute atomic E-state index is 12.3. The predicted molar refractivity (Wildman–Crippen MR) is 74.1 cm³/mol. The van der Waals surface area contributed by atoms with Gasteiger partial charge in [0, 0.05) is 12.1 Å². The molecule has 0 saturated carbocycles. The minimum Gasteiger partial charge on any atom is -0.396 e. The third-order valence-electron chi connectivity index (χ3n) is 3.17. The fourth-order valence-corrected chi connectivity index (χ4v) is 2.67. The van der Waals surface area contributed by atoms with E-state index in [4.69, 9.17) is 34.7 Å². The number of anilines is 1. The predicted octanol–water partition coefficient (Wildman–Crippen LogP) is 1.67. The van der Waals surface area contributed by atoms with E-state index in [1.54, 1.807) is 0 Å². The van der Waals surface area contributed by atoms with E-state index in [9.17, 15) is 9.59 Å². The molecule has 1 unspecified atom stereocenters. The zero-order valence-electron chi connectivity index (χ0n) is 10.0. The summed E-state index contributed by atoms with van der Waals surface area (Å²) in [6.07, 6.45) is 1.33. The van der Waals surface area contributed by atoms with Gasteiger partial charge in [0.2, 0.25) is 5.91 Å². The molecule has 19 heavy (non-hydrogen) atoms. The lowest BCUT2D eigenvalue weighted by Crippen LogP contribution is -2.43. The maximum atomic E-state index is 12.3. The molecule has 5 nitrogen and oxygen atoms in total. The molecule has 0 aromatic heterocycles. The van der Waals surface area contributed by atoms with Crippen LogP contribution in [0.5, 0.6) is 0 Å². The standard InChI is InChI=1S/C12H13Cl2N3O2/c13-7-4-6(5-8(14)10(7)15)12(19)17-3-1-2-9(17)11(16)18/h4-5,9H,1-3,15H2,(H2,16,18). The second kappa shape index (κ2) is 5.27. The second-order valence-electron chi connectivity index (χ2n) is 4.41. The van der Waals surface area contributed by atoms with Crippen LogP contribution in [-0.2, 0) is 4.79 Å². The number of rotatable bonds is 2. The van der Waals surface area contributed by atoms with Crippen molar-refractivity contribution in [3.05, 3.63) is 27.7 Å². The van der Waals surface area contributed by atoms with Crippen molar-refractivity contribution in [1.29, 1.82) is 0 Å². The van der Waals surface area contributed by atoms with Crippen molar-refractivity contribution in [2.24, 2.45) is 5.73 Å². The number of primary amides is 1. The Balaban J connectivity index is 2.32. The highest BCUT2D eigenvalue weighted by Crippen LogP contribution is 2.30. The summed E-state index contributed by atoms with van der Waals surface area (Å²) >= 11 is 11.8. The minimum atomic E-state index is -0.567. The highest BCUT2D eigenvalue weighted by molar-refractivity contribution is 6.39. The molecule has 0 spiro atoms. The van der Waals surface area contributed by atoms with Gasteiger partial charge in [-0.2, -0.15) is 0 Å². The van der Waals surface area contributed by atoms with Crippen LogP contribution < -0.4 is 11.5 Å². The number of halogens is 2. The van der Waals surface area contributed by atoms with Gasteiger partial charge in [0.25, 0.3) is 5.91 Å². The van der Waals surface area contributed by atoms with Crippen molar-refractivity contribution in [3.63, 3.8) is 0 Å². The monoisotopic (exact) mass is 301 g/mol. The molecule has 1 fully saturated rings. The van der Waals surface area contributed by atoms with E-state index < -0.39 is 11.9 Å². The Bertz CT molecular complexity index is 525. The summed E-state index contributed by atoms with van der Waals surface area (Å²) in [4.78, 5) is 25.1. The lowest BCUT2D eigenvalue weighted by molar-refractivity contribution is -0.121. The molecule has 0 bridgehead atoms. The first-order chi connectivity index (χ1) is 8.91. The highest BCUT2D eigenvalue weighted by Gasteiger charge is 2.33. The normalized spacial score (nSPS) is 18.6. The van der Waals surface area contributed by atoms with Gasteiger partial charge in [0.15, 0.2) is 0 Å². The molecule has 0 aliphatic carbocycles. The Kier molecular flexibility index (Phi) is 3.87. The fraction of sp³-hybridized carbons (Fsp3) is 0.333. The number of nitrogens with zero attached hydrogens (tertiary/aromatic N) is 1. The SMILES string of the molecule is NC(=O)C1CCCN1C(=O)c1cc(Cl)c(N)c(Cl)c1. The number of hydrogen-bond donors (Lipinski definition) is 2. The van der Waals surface area contributed by atoms with Gasteiger partial charge < -0.3 is 16.4 Å². The molecule has 1 saturated heterocycles. The van der Waals surface area contributed by atoms with Crippen molar-refractivity contribution in [1.82, 2.24) is 4.90 Å². The third kappa shape index (κ3) is 2.62. The number of amides is 2. The van der Waals surface area contributed by atoms with E-state index in [2.05, 4.69) is 0 Å². The largest absolute Gasteiger partial charge is 0.396 e. The van der Waals surface area contributed by atoms with Crippen LogP contribution in [0.4, 0.5) is 5.69 Å². The molecule has 4 N–H and O–H groups in total. The second-order valence-corrected chi connectivity index (χ2v) is 5.23.